The number of nitrogens with zero attached hydrogens (tertiary/aromatic N) is 1. The summed E-state index contributed by atoms with van der Waals surface area (Å²) >= 11 is 0. The van der Waals surface area contributed by atoms with Crippen LogP contribution in [0.3, 0.4) is 0 Å². The molecule has 5 N–H and O–H groups in total. The number of benzene rings is 2. The van der Waals surface area contributed by atoms with Gasteiger partial charge in [0.1, 0.15) is 5.75 Å². The van der Waals surface area contributed by atoms with Crippen LogP contribution in [0.25, 0.3) is 5.70 Å². The summed E-state index contributed by atoms with van der Waals surface area (Å²) in [6, 6.07) is 13.4. The summed E-state index contributed by atoms with van der Waals surface area (Å²) in [5.41, 5.74) is 8.56. The molecular weight excluding hydrogens is 266 g/mol. The number of ketones is 1. The molecule has 0 saturated carbocycles. The Morgan fingerprint density at radius 3 is 2.10 bits per heavy atom. The number of Topliss-reactive ketones (excluding diaryl/α,β-unsaturated/α-hetero) is 1. The molecule has 2 rings (SSSR count). The van der Waals surface area contributed by atoms with Crippen molar-refractivity contribution < 1.29 is 9.90 Å². The van der Waals surface area contributed by atoms with Gasteiger partial charge in [-0.15, -0.1) is 0 Å². The van der Waals surface area contributed by atoms with Gasteiger partial charge in [-0.2, -0.15) is 0 Å². The molecule has 5 heteroatoms. The zero-order chi connectivity index (χ0) is 15.4. The number of hydrazine groups is 1. The molecule has 0 aliphatic rings. The van der Waals surface area contributed by atoms with E-state index in [2.05, 4.69) is 0 Å². The molecule has 0 bridgehead atoms. The Hall–Kier alpha value is -2.79. The Bertz CT molecular complexity index is 661. The molecule has 0 aromatic heterocycles. The Morgan fingerprint density at radius 1 is 1.05 bits per heavy atom. The minimum absolute atomic E-state index is 0.00801. The normalized spacial score (nSPS) is 11.2. The van der Waals surface area contributed by atoms with Crippen molar-refractivity contribution >= 4 is 17.2 Å². The van der Waals surface area contributed by atoms with E-state index < -0.39 is 0 Å². The second-order valence-electron chi connectivity index (χ2n) is 4.64. The summed E-state index contributed by atoms with van der Waals surface area (Å²) in [4.78, 5) is 11.2. The van der Waals surface area contributed by atoms with Crippen molar-refractivity contribution in [1.29, 1.82) is 0 Å². The van der Waals surface area contributed by atoms with Gasteiger partial charge in [-0.05, 0) is 36.8 Å². The van der Waals surface area contributed by atoms with Crippen LogP contribution in [0.2, 0.25) is 0 Å². The maximum atomic E-state index is 11.2. The molecule has 0 unspecified atom stereocenters. The van der Waals surface area contributed by atoms with Crippen LogP contribution in [0.15, 0.2) is 54.7 Å². The fourth-order valence-corrected chi connectivity index (χ4v) is 1.82. The number of carbonyl (C=O) groups is 1. The summed E-state index contributed by atoms with van der Waals surface area (Å²) in [5.74, 6) is 6.08. The highest BCUT2D eigenvalue weighted by Gasteiger charge is 2.03. The molecular formula is C16H17N3O2. The van der Waals surface area contributed by atoms with Crippen LogP contribution in [0.1, 0.15) is 22.8 Å². The molecule has 0 heterocycles. The lowest BCUT2D eigenvalue weighted by molar-refractivity contribution is 0.101. The number of nitrogens with two attached hydrogens (primary N) is 2. The lowest BCUT2D eigenvalue weighted by Crippen LogP contribution is -2.25. The molecule has 2 aromatic carbocycles. The molecule has 2 aromatic rings. The van der Waals surface area contributed by atoms with E-state index in [4.69, 9.17) is 11.6 Å². The number of hydrogen-bond acceptors (Lipinski definition) is 5. The SMILES string of the molecule is CC(=O)c1ccc(/C(N)=C/N(N)c2ccc(O)cc2)cc1. The van der Waals surface area contributed by atoms with Crippen LogP contribution < -0.4 is 16.6 Å². The fraction of sp³-hybridized carbons (Fsp3) is 0.0625. The van der Waals surface area contributed by atoms with Crippen molar-refractivity contribution in [2.45, 2.75) is 6.92 Å². The average molecular weight is 283 g/mol. The average Bonchev–Trinajstić information content (AvgIpc) is 2.47. The molecule has 108 valence electrons. The maximum absolute atomic E-state index is 11.2. The third kappa shape index (κ3) is 3.61. The summed E-state index contributed by atoms with van der Waals surface area (Å²) < 4.78 is 0. The third-order valence-corrected chi connectivity index (χ3v) is 3.05. The highest BCUT2D eigenvalue weighted by molar-refractivity contribution is 5.94. The fourth-order valence-electron chi connectivity index (χ4n) is 1.82. The van der Waals surface area contributed by atoms with Crippen LogP contribution in [0.5, 0.6) is 5.75 Å². The Labute approximate surface area is 123 Å². The van der Waals surface area contributed by atoms with E-state index in [-0.39, 0.29) is 11.5 Å². The highest BCUT2D eigenvalue weighted by Crippen LogP contribution is 2.18. The molecule has 0 amide bonds. The lowest BCUT2D eigenvalue weighted by atomic mass is 10.1. The summed E-state index contributed by atoms with van der Waals surface area (Å²) in [6.07, 6.45) is 1.58. The molecule has 0 atom stereocenters. The van der Waals surface area contributed by atoms with Gasteiger partial charge in [0.15, 0.2) is 5.78 Å². The van der Waals surface area contributed by atoms with Crippen LogP contribution in [0, 0.1) is 0 Å². The summed E-state index contributed by atoms with van der Waals surface area (Å²) in [6.45, 7) is 1.51. The first-order valence-electron chi connectivity index (χ1n) is 6.39. The molecule has 5 nitrogen and oxygen atoms in total. The molecule has 0 aliphatic heterocycles. The summed E-state index contributed by atoms with van der Waals surface area (Å²) in [5, 5.41) is 10.6. The van der Waals surface area contributed by atoms with Gasteiger partial charge in [-0.25, -0.2) is 5.84 Å². The zero-order valence-electron chi connectivity index (χ0n) is 11.7. The van der Waals surface area contributed by atoms with E-state index >= 15 is 0 Å². The quantitative estimate of drug-likeness (QED) is 0.454. The van der Waals surface area contributed by atoms with E-state index in [0.717, 1.165) is 5.56 Å². The van der Waals surface area contributed by atoms with Crippen molar-refractivity contribution in [3.63, 3.8) is 0 Å². The van der Waals surface area contributed by atoms with Crippen molar-refractivity contribution in [3.8, 4) is 5.75 Å². The number of phenolic OH excluding ortho intramolecular Hbond substituents is 1. The molecule has 0 saturated heterocycles. The maximum Gasteiger partial charge on any atom is 0.159 e. The van der Waals surface area contributed by atoms with Crippen LogP contribution in [-0.2, 0) is 0 Å². The minimum Gasteiger partial charge on any atom is -0.508 e. The van der Waals surface area contributed by atoms with Crippen molar-refractivity contribution in [2.24, 2.45) is 11.6 Å². The number of carbonyl (C=O) groups excluding carboxylic acids is 1. The van der Waals surface area contributed by atoms with Gasteiger partial charge in [0.05, 0.1) is 11.4 Å². The first kappa shape index (κ1) is 14.6. The van der Waals surface area contributed by atoms with Gasteiger partial charge in [0.25, 0.3) is 0 Å². The van der Waals surface area contributed by atoms with E-state index in [0.29, 0.717) is 16.9 Å². The number of hydrogen-bond donors (Lipinski definition) is 3. The second-order valence-corrected chi connectivity index (χ2v) is 4.64. The van der Waals surface area contributed by atoms with Crippen LogP contribution >= 0.6 is 0 Å². The lowest BCUT2D eigenvalue weighted by Gasteiger charge is -2.15. The van der Waals surface area contributed by atoms with Gasteiger partial charge in [0, 0.05) is 11.8 Å². The van der Waals surface area contributed by atoms with Gasteiger partial charge in [-0.3, -0.25) is 9.80 Å². The number of phenols is 1. The van der Waals surface area contributed by atoms with Crippen molar-refractivity contribution in [1.82, 2.24) is 0 Å². The predicted octanol–water partition coefficient (Wildman–Crippen LogP) is 2.23. The molecule has 0 radical (unpaired) electrons. The molecule has 0 fully saturated rings. The predicted molar refractivity (Wildman–Crippen MR) is 83.4 cm³/mol. The second kappa shape index (κ2) is 6.11. The Morgan fingerprint density at radius 2 is 1.57 bits per heavy atom. The molecule has 0 aliphatic carbocycles. The molecule has 21 heavy (non-hydrogen) atoms. The van der Waals surface area contributed by atoms with Gasteiger partial charge < -0.3 is 10.8 Å². The molecule has 0 spiro atoms. The van der Waals surface area contributed by atoms with E-state index in [1.165, 1.54) is 11.9 Å². The first-order chi connectivity index (χ1) is 9.97. The first-order valence-corrected chi connectivity index (χ1v) is 6.39. The Kier molecular flexibility index (Phi) is 4.25. The smallest absolute Gasteiger partial charge is 0.159 e. The number of aromatic hydroxyl groups is 1. The number of anilines is 1. The highest BCUT2D eigenvalue weighted by atomic mass is 16.3. The zero-order valence-corrected chi connectivity index (χ0v) is 11.7. The topological polar surface area (TPSA) is 92.6 Å². The minimum atomic E-state index is 0.00801. The van der Waals surface area contributed by atoms with Gasteiger partial charge in [-0.1, -0.05) is 24.3 Å². The van der Waals surface area contributed by atoms with Gasteiger partial charge >= 0.3 is 0 Å². The number of rotatable bonds is 4. The summed E-state index contributed by atoms with van der Waals surface area (Å²) in [7, 11) is 0. The van der Waals surface area contributed by atoms with Crippen molar-refractivity contribution in [2.75, 3.05) is 5.01 Å². The van der Waals surface area contributed by atoms with E-state index in [9.17, 15) is 9.90 Å². The van der Waals surface area contributed by atoms with Gasteiger partial charge in [0.2, 0.25) is 0 Å². The van der Waals surface area contributed by atoms with Crippen LogP contribution in [-0.4, -0.2) is 10.9 Å². The standard InChI is InChI=1S/C16H17N3O2/c1-11(20)12-2-4-13(5-3-12)16(17)10-19(18)14-6-8-15(21)9-7-14/h2-10,21H,17-18H2,1H3/b16-10-. The van der Waals surface area contributed by atoms with Crippen molar-refractivity contribution in [3.05, 3.63) is 65.9 Å². The van der Waals surface area contributed by atoms with Crippen LogP contribution in [0.4, 0.5) is 5.69 Å². The van der Waals surface area contributed by atoms with E-state index in [1.807, 2.05) is 0 Å². The largest absolute Gasteiger partial charge is 0.508 e. The third-order valence-electron chi connectivity index (χ3n) is 3.05. The monoisotopic (exact) mass is 283 g/mol. The van der Waals surface area contributed by atoms with E-state index in [1.54, 1.807) is 54.7 Å². The Balaban J connectivity index is 2.19.